The van der Waals surface area contributed by atoms with Crippen molar-refractivity contribution in [3.63, 3.8) is 0 Å². The Morgan fingerprint density at radius 1 is 1.22 bits per heavy atom. The first-order valence-electron chi connectivity index (χ1n) is 9.39. The van der Waals surface area contributed by atoms with Gasteiger partial charge in [0.25, 0.3) is 5.56 Å². The second-order valence-electron chi connectivity index (χ2n) is 8.22. The molecule has 0 fully saturated rings. The Morgan fingerprint density at radius 3 is 2.59 bits per heavy atom. The molecule has 27 heavy (non-hydrogen) atoms. The fourth-order valence-corrected chi connectivity index (χ4v) is 3.46. The summed E-state index contributed by atoms with van der Waals surface area (Å²) in [4.78, 5) is 32.1. The molecule has 1 amide bonds. The van der Waals surface area contributed by atoms with Crippen molar-refractivity contribution in [2.24, 2.45) is 0 Å². The van der Waals surface area contributed by atoms with Gasteiger partial charge in [0.1, 0.15) is 12.4 Å². The number of aromatic nitrogens is 2. The molecule has 0 radical (unpaired) electrons. The highest BCUT2D eigenvalue weighted by Crippen LogP contribution is 2.17. The first-order chi connectivity index (χ1) is 12.7. The minimum absolute atomic E-state index is 0.00987. The van der Waals surface area contributed by atoms with Crippen molar-refractivity contribution < 1.29 is 4.79 Å². The smallest absolute Gasteiger partial charge is 0.257 e. The fraction of sp³-hybridized carbons (Fsp3) is 0.476. The number of rotatable bonds is 4. The van der Waals surface area contributed by atoms with E-state index in [2.05, 4.69) is 27.3 Å². The van der Waals surface area contributed by atoms with Gasteiger partial charge in [-0.1, -0.05) is 30.3 Å². The van der Waals surface area contributed by atoms with Crippen LogP contribution >= 0.6 is 0 Å². The van der Waals surface area contributed by atoms with Crippen LogP contribution < -0.4 is 10.9 Å². The lowest BCUT2D eigenvalue weighted by molar-refractivity contribution is -0.123. The van der Waals surface area contributed by atoms with Crippen molar-refractivity contribution in [1.82, 2.24) is 19.8 Å². The molecule has 0 bridgehead atoms. The normalized spacial score (nSPS) is 14.7. The number of fused-ring (bicyclic) bond motifs is 1. The molecule has 1 aliphatic heterocycles. The second kappa shape index (κ2) is 7.64. The Kier molecular flexibility index (Phi) is 5.46. The van der Waals surface area contributed by atoms with Gasteiger partial charge in [0, 0.05) is 30.7 Å². The standard InChI is InChI=1S/C21H28N4O2/c1-15-22-18-13-24(12-16-8-6-5-7-9-16)11-10-17(18)20(27)25(15)14-19(26)23-21(2,3)4/h5-9H,10-14H2,1-4H3,(H,23,26). The zero-order valence-electron chi connectivity index (χ0n) is 16.6. The second-order valence-corrected chi connectivity index (χ2v) is 8.22. The summed E-state index contributed by atoms with van der Waals surface area (Å²) in [6.45, 7) is 9.90. The van der Waals surface area contributed by atoms with E-state index in [0.717, 1.165) is 24.3 Å². The van der Waals surface area contributed by atoms with E-state index >= 15 is 0 Å². The number of benzene rings is 1. The topological polar surface area (TPSA) is 67.2 Å². The highest BCUT2D eigenvalue weighted by atomic mass is 16.2. The van der Waals surface area contributed by atoms with Crippen LogP contribution in [0.5, 0.6) is 0 Å². The summed E-state index contributed by atoms with van der Waals surface area (Å²) in [5, 5.41) is 2.90. The number of nitrogens with one attached hydrogen (secondary N) is 1. The lowest BCUT2D eigenvalue weighted by atomic mass is 10.1. The van der Waals surface area contributed by atoms with Gasteiger partial charge in [-0.3, -0.25) is 19.1 Å². The van der Waals surface area contributed by atoms with Crippen LogP contribution in [0.1, 0.15) is 43.4 Å². The summed E-state index contributed by atoms with van der Waals surface area (Å²) in [5.41, 5.74) is 2.43. The summed E-state index contributed by atoms with van der Waals surface area (Å²) in [6, 6.07) is 10.3. The molecule has 0 saturated heterocycles. The van der Waals surface area contributed by atoms with Crippen LogP contribution in [0.25, 0.3) is 0 Å². The van der Waals surface area contributed by atoms with Crippen LogP contribution in [0.3, 0.4) is 0 Å². The summed E-state index contributed by atoms with van der Waals surface area (Å²) in [5.74, 6) is 0.417. The quantitative estimate of drug-likeness (QED) is 0.897. The highest BCUT2D eigenvalue weighted by Gasteiger charge is 2.23. The number of nitrogens with zero attached hydrogens (tertiary/aromatic N) is 3. The van der Waals surface area contributed by atoms with Gasteiger partial charge in [-0.15, -0.1) is 0 Å². The van der Waals surface area contributed by atoms with Gasteiger partial charge in [-0.05, 0) is 39.7 Å². The predicted molar refractivity (Wildman–Crippen MR) is 105 cm³/mol. The van der Waals surface area contributed by atoms with Crippen molar-refractivity contribution in [3.8, 4) is 0 Å². The molecular weight excluding hydrogens is 340 g/mol. The molecule has 2 heterocycles. The Labute approximate surface area is 160 Å². The van der Waals surface area contributed by atoms with Gasteiger partial charge < -0.3 is 5.32 Å². The van der Waals surface area contributed by atoms with Gasteiger partial charge >= 0.3 is 0 Å². The summed E-state index contributed by atoms with van der Waals surface area (Å²) >= 11 is 0. The number of carbonyl (C=O) groups is 1. The minimum atomic E-state index is -0.325. The maximum atomic E-state index is 12.9. The molecule has 144 valence electrons. The van der Waals surface area contributed by atoms with Crippen LogP contribution in [0.2, 0.25) is 0 Å². The molecule has 6 heteroatoms. The fourth-order valence-electron chi connectivity index (χ4n) is 3.46. The molecule has 2 aromatic rings. The molecule has 0 unspecified atom stereocenters. The number of hydrogen-bond acceptors (Lipinski definition) is 4. The molecule has 0 saturated carbocycles. The molecule has 1 N–H and O–H groups in total. The predicted octanol–water partition coefficient (Wildman–Crippen LogP) is 2.02. The molecule has 6 nitrogen and oxygen atoms in total. The lowest BCUT2D eigenvalue weighted by Crippen LogP contribution is -2.45. The van der Waals surface area contributed by atoms with E-state index in [4.69, 9.17) is 0 Å². The van der Waals surface area contributed by atoms with Crippen molar-refractivity contribution in [1.29, 1.82) is 0 Å². The Morgan fingerprint density at radius 2 is 1.93 bits per heavy atom. The van der Waals surface area contributed by atoms with Crippen molar-refractivity contribution >= 4 is 5.91 Å². The van der Waals surface area contributed by atoms with Gasteiger partial charge in [-0.25, -0.2) is 4.98 Å². The summed E-state index contributed by atoms with van der Waals surface area (Å²) in [6.07, 6.45) is 0.662. The number of aryl methyl sites for hydroxylation is 1. The number of amides is 1. The summed E-state index contributed by atoms with van der Waals surface area (Å²) in [7, 11) is 0. The first kappa shape index (κ1) is 19.3. The highest BCUT2D eigenvalue weighted by molar-refractivity contribution is 5.76. The zero-order chi connectivity index (χ0) is 19.6. The molecule has 0 spiro atoms. The zero-order valence-corrected chi connectivity index (χ0v) is 16.6. The summed E-state index contributed by atoms with van der Waals surface area (Å²) < 4.78 is 1.49. The maximum Gasteiger partial charge on any atom is 0.257 e. The van der Waals surface area contributed by atoms with Crippen molar-refractivity contribution in [3.05, 3.63) is 63.3 Å². The van der Waals surface area contributed by atoms with E-state index in [1.807, 2.05) is 39.0 Å². The van der Waals surface area contributed by atoms with E-state index in [1.54, 1.807) is 6.92 Å². The van der Waals surface area contributed by atoms with Crippen LogP contribution in [0.15, 0.2) is 35.1 Å². The van der Waals surface area contributed by atoms with Gasteiger partial charge in [0.05, 0.1) is 5.69 Å². The average molecular weight is 368 g/mol. The molecule has 1 aromatic carbocycles. The Hall–Kier alpha value is -2.47. The Balaban J connectivity index is 1.77. The van der Waals surface area contributed by atoms with E-state index in [1.165, 1.54) is 10.1 Å². The number of carbonyl (C=O) groups excluding carboxylic acids is 1. The third-order valence-electron chi connectivity index (χ3n) is 4.66. The van der Waals surface area contributed by atoms with E-state index in [-0.39, 0.29) is 23.6 Å². The van der Waals surface area contributed by atoms with E-state index < -0.39 is 0 Å². The van der Waals surface area contributed by atoms with E-state index in [9.17, 15) is 9.59 Å². The third kappa shape index (κ3) is 4.83. The average Bonchev–Trinajstić information content (AvgIpc) is 2.58. The van der Waals surface area contributed by atoms with Crippen molar-refractivity contribution in [2.75, 3.05) is 6.54 Å². The lowest BCUT2D eigenvalue weighted by Gasteiger charge is -2.28. The minimum Gasteiger partial charge on any atom is -0.350 e. The molecule has 0 aliphatic carbocycles. The van der Waals surface area contributed by atoms with Crippen molar-refractivity contribution in [2.45, 2.75) is 59.3 Å². The molecular formula is C21H28N4O2. The first-order valence-corrected chi connectivity index (χ1v) is 9.39. The largest absolute Gasteiger partial charge is 0.350 e. The maximum absolute atomic E-state index is 12.9. The van der Waals surface area contributed by atoms with Gasteiger partial charge in [0.15, 0.2) is 0 Å². The number of hydrogen-bond donors (Lipinski definition) is 1. The third-order valence-corrected chi connectivity index (χ3v) is 4.66. The molecule has 0 atom stereocenters. The van der Waals surface area contributed by atoms with Gasteiger partial charge in [-0.2, -0.15) is 0 Å². The molecule has 3 rings (SSSR count). The SMILES string of the molecule is Cc1nc2c(c(=O)n1CC(=O)NC(C)(C)C)CCN(Cc1ccccc1)C2. The molecule has 1 aliphatic rings. The van der Waals surface area contributed by atoms with Crippen LogP contribution in [-0.4, -0.2) is 32.4 Å². The van der Waals surface area contributed by atoms with E-state index in [0.29, 0.717) is 18.8 Å². The molecule has 1 aromatic heterocycles. The monoisotopic (exact) mass is 368 g/mol. The van der Waals surface area contributed by atoms with Crippen LogP contribution in [0.4, 0.5) is 0 Å². The van der Waals surface area contributed by atoms with Crippen LogP contribution in [0, 0.1) is 6.92 Å². The Bertz CT molecular complexity index is 882. The van der Waals surface area contributed by atoms with Crippen LogP contribution in [-0.2, 0) is 30.8 Å². The van der Waals surface area contributed by atoms with Gasteiger partial charge in [0.2, 0.25) is 5.91 Å².